The molecule has 0 spiro atoms. The summed E-state index contributed by atoms with van der Waals surface area (Å²) in [6, 6.07) is 12.4. The van der Waals surface area contributed by atoms with E-state index in [-0.39, 0.29) is 30.3 Å². The van der Waals surface area contributed by atoms with E-state index in [1.165, 1.54) is 5.56 Å². The van der Waals surface area contributed by atoms with Crippen LogP contribution >= 0.6 is 0 Å². The average Bonchev–Trinajstić information content (AvgIpc) is 3.12. The largest absolute Gasteiger partial charge is 0.348 e. The molecule has 2 aliphatic rings. The van der Waals surface area contributed by atoms with Crippen molar-refractivity contribution in [1.82, 2.24) is 14.4 Å². The normalized spacial score (nSPS) is 19.1. The molecule has 5 heteroatoms. The van der Waals surface area contributed by atoms with Crippen LogP contribution in [-0.2, 0) is 16.1 Å². The molecule has 1 aromatic carbocycles. The van der Waals surface area contributed by atoms with E-state index in [4.69, 9.17) is 0 Å². The number of hydrogen-bond acceptors (Lipinski definition) is 2. The SMILES string of the molecule is CCN(CC(=O)N1CCn2cccc2[C@@H]1c1cccc(C)c1)C(=O)C1CCC1. The van der Waals surface area contributed by atoms with E-state index in [0.717, 1.165) is 37.1 Å². The first kappa shape index (κ1) is 18.8. The summed E-state index contributed by atoms with van der Waals surface area (Å²) in [4.78, 5) is 29.7. The molecule has 1 aromatic heterocycles. The number of carbonyl (C=O) groups is 2. The molecular formula is C23H29N3O2. The van der Waals surface area contributed by atoms with Crippen LogP contribution in [0.2, 0.25) is 0 Å². The van der Waals surface area contributed by atoms with Gasteiger partial charge in [0.2, 0.25) is 11.8 Å². The van der Waals surface area contributed by atoms with E-state index in [1.54, 1.807) is 4.90 Å². The molecule has 0 bridgehead atoms. The maximum absolute atomic E-state index is 13.3. The number of amides is 2. The molecule has 1 aliphatic heterocycles. The molecule has 1 aliphatic carbocycles. The second-order valence-corrected chi connectivity index (χ2v) is 8.01. The Balaban J connectivity index is 1.59. The summed E-state index contributed by atoms with van der Waals surface area (Å²) >= 11 is 0. The van der Waals surface area contributed by atoms with Crippen molar-refractivity contribution in [2.24, 2.45) is 5.92 Å². The monoisotopic (exact) mass is 379 g/mol. The molecule has 0 unspecified atom stereocenters. The van der Waals surface area contributed by atoms with Gasteiger partial charge in [0.05, 0.1) is 12.6 Å². The third-order valence-corrected chi connectivity index (χ3v) is 6.19. The first-order chi connectivity index (χ1) is 13.6. The third-order valence-electron chi connectivity index (χ3n) is 6.19. The molecule has 0 N–H and O–H groups in total. The Labute approximate surface area is 166 Å². The van der Waals surface area contributed by atoms with Crippen molar-refractivity contribution in [1.29, 1.82) is 0 Å². The molecule has 2 amide bonds. The van der Waals surface area contributed by atoms with Gasteiger partial charge in [0, 0.05) is 37.4 Å². The van der Waals surface area contributed by atoms with E-state index in [1.807, 2.05) is 24.0 Å². The molecule has 0 saturated heterocycles. The number of carbonyl (C=O) groups excluding carboxylic acids is 2. The molecule has 2 heterocycles. The number of likely N-dealkylation sites (N-methyl/N-ethyl adjacent to an activating group) is 1. The van der Waals surface area contributed by atoms with Gasteiger partial charge < -0.3 is 14.4 Å². The maximum Gasteiger partial charge on any atom is 0.243 e. The zero-order valence-electron chi connectivity index (χ0n) is 16.8. The van der Waals surface area contributed by atoms with Gasteiger partial charge in [-0.3, -0.25) is 9.59 Å². The summed E-state index contributed by atoms with van der Waals surface area (Å²) in [6.45, 7) is 6.25. The van der Waals surface area contributed by atoms with Crippen LogP contribution in [0.4, 0.5) is 0 Å². The van der Waals surface area contributed by atoms with Crippen LogP contribution in [-0.4, -0.2) is 45.8 Å². The average molecular weight is 380 g/mol. The van der Waals surface area contributed by atoms with Crippen LogP contribution in [0, 0.1) is 12.8 Å². The Morgan fingerprint density at radius 2 is 1.96 bits per heavy atom. The highest BCUT2D eigenvalue weighted by molar-refractivity contribution is 5.86. The minimum absolute atomic E-state index is 0.0356. The molecule has 4 rings (SSSR count). The van der Waals surface area contributed by atoms with Crippen molar-refractivity contribution >= 4 is 11.8 Å². The van der Waals surface area contributed by atoms with Gasteiger partial charge in [0.1, 0.15) is 0 Å². The third kappa shape index (κ3) is 3.46. The van der Waals surface area contributed by atoms with Crippen LogP contribution < -0.4 is 0 Å². The lowest BCUT2D eigenvalue weighted by Gasteiger charge is -2.39. The zero-order chi connectivity index (χ0) is 19.7. The molecule has 148 valence electrons. The molecule has 5 nitrogen and oxygen atoms in total. The molecule has 0 radical (unpaired) electrons. The Bertz CT molecular complexity index is 868. The molecule has 1 fully saturated rings. The smallest absolute Gasteiger partial charge is 0.243 e. The van der Waals surface area contributed by atoms with Crippen molar-refractivity contribution in [3.05, 3.63) is 59.4 Å². The van der Waals surface area contributed by atoms with Crippen LogP contribution in [0.3, 0.4) is 0 Å². The highest BCUT2D eigenvalue weighted by atomic mass is 16.2. The quantitative estimate of drug-likeness (QED) is 0.800. The summed E-state index contributed by atoms with van der Waals surface area (Å²) in [6.07, 6.45) is 5.14. The molecule has 1 saturated carbocycles. The highest BCUT2D eigenvalue weighted by Crippen LogP contribution is 2.33. The number of rotatable bonds is 5. The Morgan fingerprint density at radius 3 is 2.64 bits per heavy atom. The number of aryl methyl sites for hydroxylation is 1. The fourth-order valence-electron chi connectivity index (χ4n) is 4.36. The summed E-state index contributed by atoms with van der Waals surface area (Å²) < 4.78 is 2.23. The van der Waals surface area contributed by atoms with Crippen LogP contribution in [0.1, 0.15) is 49.0 Å². The van der Waals surface area contributed by atoms with E-state index in [0.29, 0.717) is 13.1 Å². The van der Waals surface area contributed by atoms with Gasteiger partial charge in [-0.1, -0.05) is 36.2 Å². The van der Waals surface area contributed by atoms with Gasteiger partial charge in [-0.2, -0.15) is 0 Å². The number of aromatic nitrogens is 1. The lowest BCUT2D eigenvalue weighted by atomic mass is 9.84. The van der Waals surface area contributed by atoms with Crippen LogP contribution in [0.25, 0.3) is 0 Å². The minimum atomic E-state index is -0.103. The fourth-order valence-corrected chi connectivity index (χ4v) is 4.36. The minimum Gasteiger partial charge on any atom is -0.348 e. The second kappa shape index (κ2) is 7.82. The number of hydrogen-bond donors (Lipinski definition) is 0. The van der Waals surface area contributed by atoms with Crippen LogP contribution in [0.15, 0.2) is 42.6 Å². The second-order valence-electron chi connectivity index (χ2n) is 8.01. The first-order valence-electron chi connectivity index (χ1n) is 10.4. The van der Waals surface area contributed by atoms with Crippen molar-refractivity contribution in [2.75, 3.05) is 19.6 Å². The van der Waals surface area contributed by atoms with Gasteiger partial charge in [-0.15, -0.1) is 0 Å². The number of fused-ring (bicyclic) bond motifs is 1. The van der Waals surface area contributed by atoms with E-state index in [2.05, 4.69) is 42.0 Å². The van der Waals surface area contributed by atoms with Crippen molar-refractivity contribution in [2.45, 2.75) is 45.7 Å². The van der Waals surface area contributed by atoms with Crippen molar-refractivity contribution in [3.8, 4) is 0 Å². The predicted octanol–water partition coefficient (Wildman–Crippen LogP) is 3.38. The summed E-state index contributed by atoms with van der Waals surface area (Å²) in [5, 5.41) is 0. The Hall–Kier alpha value is -2.56. The maximum atomic E-state index is 13.3. The zero-order valence-corrected chi connectivity index (χ0v) is 16.8. The summed E-state index contributed by atoms with van der Waals surface area (Å²) in [5.41, 5.74) is 3.45. The van der Waals surface area contributed by atoms with Crippen LogP contribution in [0.5, 0.6) is 0 Å². The molecular weight excluding hydrogens is 350 g/mol. The molecule has 1 atom stereocenters. The first-order valence-corrected chi connectivity index (χ1v) is 10.4. The number of benzene rings is 1. The lowest BCUT2D eigenvalue weighted by molar-refractivity contribution is -0.145. The summed E-state index contributed by atoms with van der Waals surface area (Å²) in [7, 11) is 0. The topological polar surface area (TPSA) is 45.6 Å². The van der Waals surface area contributed by atoms with Gasteiger partial charge in [0.15, 0.2) is 0 Å². The van der Waals surface area contributed by atoms with E-state index >= 15 is 0 Å². The standard InChI is InChI=1S/C23H29N3O2/c1-3-24(23(28)18-8-5-9-18)16-21(27)26-14-13-25-12-6-11-20(25)22(26)19-10-4-7-17(2)15-19/h4,6-7,10-12,15,18,22H,3,5,8-9,13-14,16H2,1-2H3/t22-/m0/s1. The lowest BCUT2D eigenvalue weighted by Crippen LogP contribution is -2.49. The Kier molecular flexibility index (Phi) is 5.25. The van der Waals surface area contributed by atoms with E-state index < -0.39 is 0 Å². The van der Waals surface area contributed by atoms with Gasteiger partial charge in [-0.25, -0.2) is 0 Å². The summed E-state index contributed by atoms with van der Waals surface area (Å²) in [5.74, 6) is 0.307. The van der Waals surface area contributed by atoms with Gasteiger partial charge >= 0.3 is 0 Å². The van der Waals surface area contributed by atoms with Crippen molar-refractivity contribution in [3.63, 3.8) is 0 Å². The highest BCUT2D eigenvalue weighted by Gasteiger charge is 2.35. The van der Waals surface area contributed by atoms with E-state index in [9.17, 15) is 9.59 Å². The van der Waals surface area contributed by atoms with Gasteiger partial charge in [-0.05, 0) is 44.4 Å². The molecule has 28 heavy (non-hydrogen) atoms. The number of nitrogens with zero attached hydrogens (tertiary/aromatic N) is 3. The molecule has 2 aromatic rings. The predicted molar refractivity (Wildman–Crippen MR) is 109 cm³/mol. The van der Waals surface area contributed by atoms with Gasteiger partial charge in [0.25, 0.3) is 0 Å². The van der Waals surface area contributed by atoms with Crippen molar-refractivity contribution < 1.29 is 9.59 Å². The Morgan fingerprint density at radius 1 is 1.14 bits per heavy atom. The fraction of sp³-hybridized carbons (Fsp3) is 0.478.